The van der Waals surface area contributed by atoms with E-state index in [1.165, 1.54) is 12.1 Å². The molecule has 0 spiro atoms. The van der Waals surface area contributed by atoms with Gasteiger partial charge in [0.15, 0.2) is 0 Å². The number of primary sulfonamides is 1. The van der Waals surface area contributed by atoms with Gasteiger partial charge in [0.05, 0.1) is 4.90 Å². The van der Waals surface area contributed by atoms with Crippen molar-refractivity contribution in [2.75, 3.05) is 17.3 Å². The Morgan fingerprint density at radius 1 is 1.10 bits per heavy atom. The molecule has 30 heavy (non-hydrogen) atoms. The Labute approximate surface area is 176 Å². The van der Waals surface area contributed by atoms with Crippen molar-refractivity contribution in [3.05, 3.63) is 90.8 Å². The Hall–Kier alpha value is -3.49. The van der Waals surface area contributed by atoms with E-state index in [0.29, 0.717) is 11.5 Å². The van der Waals surface area contributed by atoms with Crippen molar-refractivity contribution in [1.82, 2.24) is 9.97 Å². The van der Waals surface area contributed by atoms with Crippen LogP contribution in [0.25, 0.3) is 5.70 Å². The summed E-state index contributed by atoms with van der Waals surface area (Å²) in [6, 6.07) is 15.7. The molecule has 2 heterocycles. The highest BCUT2D eigenvalue weighted by Crippen LogP contribution is 2.26. The Morgan fingerprint density at radius 2 is 1.83 bits per heavy atom. The van der Waals surface area contributed by atoms with Crippen LogP contribution in [0.15, 0.2) is 90.1 Å². The number of sulfonamides is 1. The largest absolute Gasteiger partial charge is 0.340 e. The first kappa shape index (κ1) is 21.2. The van der Waals surface area contributed by atoms with Crippen LogP contribution in [0, 0.1) is 0 Å². The minimum absolute atomic E-state index is 0.0541. The summed E-state index contributed by atoms with van der Waals surface area (Å²) in [6.45, 7) is 5.93. The van der Waals surface area contributed by atoms with E-state index in [9.17, 15) is 8.42 Å². The van der Waals surface area contributed by atoms with Gasteiger partial charge >= 0.3 is 0 Å². The molecule has 3 aromatic rings. The van der Waals surface area contributed by atoms with Crippen LogP contribution in [0.5, 0.6) is 0 Å². The standard InChI is InChI=1S/C22H23N5O2S/c1-16(2)14-20(27(3)22-6-4-5-12-25-22)17-11-13-24-21(15-17)26-18-7-9-19(10-8-18)30(23,28)29/h4-15H,1H2,2-3H3,(H,24,26)(H2,23,28,29)/b20-14-. The van der Waals surface area contributed by atoms with E-state index in [0.717, 1.165) is 22.7 Å². The van der Waals surface area contributed by atoms with Crippen LogP contribution in [0.1, 0.15) is 12.5 Å². The van der Waals surface area contributed by atoms with Crippen molar-refractivity contribution in [1.29, 1.82) is 0 Å². The molecule has 3 rings (SSSR count). The zero-order valence-corrected chi connectivity index (χ0v) is 17.6. The summed E-state index contributed by atoms with van der Waals surface area (Å²) in [5.74, 6) is 1.41. The van der Waals surface area contributed by atoms with E-state index in [1.807, 2.05) is 55.3 Å². The van der Waals surface area contributed by atoms with Crippen LogP contribution in [0.2, 0.25) is 0 Å². The molecule has 0 amide bonds. The number of pyridine rings is 2. The number of hydrogen-bond acceptors (Lipinski definition) is 6. The lowest BCUT2D eigenvalue weighted by atomic mass is 10.1. The fraction of sp³-hybridized carbons (Fsp3) is 0.0909. The van der Waals surface area contributed by atoms with Gasteiger partial charge in [0, 0.05) is 36.4 Å². The second-order valence-electron chi connectivity index (χ2n) is 6.75. The molecule has 2 aromatic heterocycles. The van der Waals surface area contributed by atoms with Crippen molar-refractivity contribution < 1.29 is 8.42 Å². The van der Waals surface area contributed by atoms with Gasteiger partial charge in [-0.15, -0.1) is 0 Å². The Bertz CT molecular complexity index is 1170. The van der Waals surface area contributed by atoms with Gasteiger partial charge in [-0.1, -0.05) is 18.2 Å². The topological polar surface area (TPSA) is 101 Å². The van der Waals surface area contributed by atoms with E-state index in [1.54, 1.807) is 24.5 Å². The number of anilines is 3. The smallest absolute Gasteiger partial charge is 0.238 e. The van der Waals surface area contributed by atoms with Crippen LogP contribution in [-0.4, -0.2) is 25.4 Å². The molecule has 3 N–H and O–H groups in total. The predicted octanol–water partition coefficient (Wildman–Crippen LogP) is 3.92. The molecule has 0 fully saturated rings. The van der Waals surface area contributed by atoms with Gasteiger partial charge in [0.2, 0.25) is 10.0 Å². The van der Waals surface area contributed by atoms with E-state index >= 15 is 0 Å². The van der Waals surface area contributed by atoms with Gasteiger partial charge in [0.25, 0.3) is 0 Å². The number of aromatic nitrogens is 2. The zero-order chi connectivity index (χ0) is 21.7. The molecule has 0 unspecified atom stereocenters. The molecule has 1 aromatic carbocycles. The highest BCUT2D eigenvalue weighted by Gasteiger charge is 2.12. The summed E-state index contributed by atoms with van der Waals surface area (Å²) in [6.07, 6.45) is 5.43. The van der Waals surface area contributed by atoms with Crippen molar-refractivity contribution in [3.8, 4) is 0 Å². The lowest BCUT2D eigenvalue weighted by Crippen LogP contribution is -2.17. The average Bonchev–Trinajstić information content (AvgIpc) is 2.72. The van der Waals surface area contributed by atoms with Crippen LogP contribution in [0.4, 0.5) is 17.3 Å². The number of rotatable bonds is 7. The Balaban J connectivity index is 1.91. The maximum Gasteiger partial charge on any atom is 0.238 e. The zero-order valence-electron chi connectivity index (χ0n) is 16.8. The maximum absolute atomic E-state index is 11.4. The van der Waals surface area contributed by atoms with Gasteiger partial charge in [-0.2, -0.15) is 0 Å². The average molecular weight is 422 g/mol. The number of hydrogen-bond donors (Lipinski definition) is 2. The Kier molecular flexibility index (Phi) is 6.29. The van der Waals surface area contributed by atoms with Gasteiger partial charge in [-0.3, -0.25) is 0 Å². The normalized spacial score (nSPS) is 11.8. The van der Waals surface area contributed by atoms with Gasteiger partial charge in [-0.05, 0) is 61.5 Å². The summed E-state index contributed by atoms with van der Waals surface area (Å²) < 4.78 is 22.8. The quantitative estimate of drug-likeness (QED) is 0.561. The third-order valence-corrected chi connectivity index (χ3v) is 5.18. The fourth-order valence-corrected chi connectivity index (χ4v) is 3.33. The molecule has 0 atom stereocenters. The molecule has 0 radical (unpaired) electrons. The van der Waals surface area contributed by atoms with Crippen molar-refractivity contribution in [2.45, 2.75) is 11.8 Å². The molecule has 0 aliphatic heterocycles. The second-order valence-corrected chi connectivity index (χ2v) is 8.31. The summed E-state index contributed by atoms with van der Waals surface area (Å²) in [5, 5.41) is 8.32. The fourth-order valence-electron chi connectivity index (χ4n) is 2.82. The third-order valence-electron chi connectivity index (χ3n) is 4.25. The first-order valence-electron chi connectivity index (χ1n) is 9.12. The molecule has 8 heteroatoms. The van der Waals surface area contributed by atoms with E-state index in [4.69, 9.17) is 5.14 Å². The van der Waals surface area contributed by atoms with Crippen LogP contribution in [-0.2, 0) is 10.0 Å². The monoisotopic (exact) mass is 421 g/mol. The van der Waals surface area contributed by atoms with Gasteiger partial charge in [-0.25, -0.2) is 23.5 Å². The minimum atomic E-state index is -3.73. The van der Waals surface area contributed by atoms with Gasteiger partial charge < -0.3 is 10.2 Å². The summed E-state index contributed by atoms with van der Waals surface area (Å²) in [7, 11) is -1.79. The van der Waals surface area contributed by atoms with Crippen LogP contribution in [0.3, 0.4) is 0 Å². The van der Waals surface area contributed by atoms with Gasteiger partial charge in [0.1, 0.15) is 11.6 Å². The predicted molar refractivity (Wildman–Crippen MR) is 121 cm³/mol. The Morgan fingerprint density at radius 3 is 2.43 bits per heavy atom. The number of nitrogens with zero attached hydrogens (tertiary/aromatic N) is 3. The summed E-state index contributed by atoms with van der Waals surface area (Å²) in [5.41, 5.74) is 3.43. The molecule has 0 aliphatic carbocycles. The maximum atomic E-state index is 11.4. The minimum Gasteiger partial charge on any atom is -0.340 e. The van der Waals surface area contributed by atoms with E-state index < -0.39 is 10.0 Å². The van der Waals surface area contributed by atoms with Crippen molar-refractivity contribution in [2.24, 2.45) is 5.14 Å². The molecule has 0 saturated carbocycles. The molecular formula is C22H23N5O2S. The molecule has 0 aliphatic rings. The lowest BCUT2D eigenvalue weighted by molar-refractivity contribution is 0.598. The lowest BCUT2D eigenvalue weighted by Gasteiger charge is -2.22. The molecule has 154 valence electrons. The highest BCUT2D eigenvalue weighted by atomic mass is 32.2. The molecule has 0 saturated heterocycles. The SMILES string of the molecule is C=C(C)/C=C(/c1ccnc(Nc2ccc(S(N)(=O)=O)cc2)c1)N(C)c1ccccn1. The third kappa shape index (κ3) is 5.31. The molecular weight excluding hydrogens is 398 g/mol. The molecule has 7 nitrogen and oxygen atoms in total. The molecule has 0 bridgehead atoms. The summed E-state index contributed by atoms with van der Waals surface area (Å²) >= 11 is 0. The number of benzene rings is 1. The second kappa shape index (κ2) is 8.89. The van der Waals surface area contributed by atoms with Crippen LogP contribution < -0.4 is 15.4 Å². The van der Waals surface area contributed by atoms with Crippen molar-refractivity contribution in [3.63, 3.8) is 0 Å². The number of allylic oxidation sites excluding steroid dienone is 2. The first-order chi connectivity index (χ1) is 14.2. The first-order valence-corrected chi connectivity index (χ1v) is 10.7. The van der Waals surface area contributed by atoms with Crippen molar-refractivity contribution >= 4 is 33.0 Å². The highest BCUT2D eigenvalue weighted by molar-refractivity contribution is 7.89. The number of nitrogens with two attached hydrogens (primary N) is 1. The number of nitrogens with one attached hydrogen (secondary N) is 1. The van der Waals surface area contributed by atoms with Crippen LogP contribution >= 0.6 is 0 Å². The summed E-state index contributed by atoms with van der Waals surface area (Å²) in [4.78, 5) is 10.8. The van der Waals surface area contributed by atoms with E-state index in [2.05, 4.69) is 21.9 Å². The van der Waals surface area contributed by atoms with E-state index in [-0.39, 0.29) is 4.90 Å².